The maximum Gasteiger partial charge on any atom is 0.449 e. The van der Waals surface area contributed by atoms with Crippen molar-refractivity contribution in [2.75, 3.05) is 0 Å². The van der Waals surface area contributed by atoms with Gasteiger partial charge in [0.25, 0.3) is 0 Å². The van der Waals surface area contributed by atoms with Crippen LogP contribution in [-0.2, 0) is 11.2 Å². The second kappa shape index (κ2) is 5.06. The van der Waals surface area contributed by atoms with Crippen LogP contribution >= 0.6 is 23.2 Å². The minimum absolute atomic E-state index is 0.0473. The van der Waals surface area contributed by atoms with Gasteiger partial charge < -0.3 is 0 Å². The highest BCUT2D eigenvalue weighted by molar-refractivity contribution is 6.35. The number of halogens is 5. The van der Waals surface area contributed by atoms with E-state index in [0.717, 1.165) is 0 Å². The number of Topliss-reactive ketones (excluding diaryl/α,β-unsaturated/α-hetero) is 1. The fourth-order valence-electron chi connectivity index (χ4n) is 1.11. The average molecular weight is 271 g/mol. The summed E-state index contributed by atoms with van der Waals surface area (Å²) in [4.78, 5) is 10.6. The molecule has 0 aliphatic carbocycles. The Bertz CT molecular complexity index is 402. The van der Waals surface area contributed by atoms with Gasteiger partial charge in [0.15, 0.2) is 0 Å². The highest BCUT2D eigenvalue weighted by atomic mass is 35.5. The first-order valence-corrected chi connectivity index (χ1v) is 5.10. The summed E-state index contributed by atoms with van der Waals surface area (Å²) in [6.07, 6.45) is -5.43. The van der Waals surface area contributed by atoms with Gasteiger partial charge in [0.2, 0.25) is 5.78 Å². The number of benzene rings is 1. The quantitative estimate of drug-likeness (QED) is 0.810. The van der Waals surface area contributed by atoms with Crippen LogP contribution in [0, 0.1) is 0 Å². The van der Waals surface area contributed by atoms with Crippen molar-refractivity contribution in [1.29, 1.82) is 0 Å². The highest BCUT2D eigenvalue weighted by Gasteiger charge is 2.37. The van der Waals surface area contributed by atoms with E-state index in [-0.39, 0.29) is 11.4 Å². The van der Waals surface area contributed by atoms with Gasteiger partial charge in [-0.2, -0.15) is 13.2 Å². The standard InChI is InChI=1S/C10H7Cl2F3O/c11-7-3-1-6(8(12)5-7)2-4-9(16)10(13,14)15/h1,3,5H,2,4H2. The van der Waals surface area contributed by atoms with Gasteiger partial charge in [-0.1, -0.05) is 29.3 Å². The summed E-state index contributed by atoms with van der Waals surface area (Å²) < 4.78 is 35.7. The Morgan fingerprint density at radius 3 is 2.38 bits per heavy atom. The minimum atomic E-state index is -4.78. The van der Waals surface area contributed by atoms with Crippen molar-refractivity contribution in [2.45, 2.75) is 19.0 Å². The van der Waals surface area contributed by atoms with Crippen molar-refractivity contribution in [3.05, 3.63) is 33.8 Å². The summed E-state index contributed by atoms with van der Waals surface area (Å²) in [5.74, 6) is -1.75. The molecule has 1 rings (SSSR count). The van der Waals surface area contributed by atoms with E-state index in [0.29, 0.717) is 10.6 Å². The lowest BCUT2D eigenvalue weighted by molar-refractivity contribution is -0.171. The molecule has 0 heterocycles. The van der Waals surface area contributed by atoms with Crippen LogP contribution in [0.2, 0.25) is 10.0 Å². The van der Waals surface area contributed by atoms with Crippen molar-refractivity contribution in [3.8, 4) is 0 Å². The van der Waals surface area contributed by atoms with Gasteiger partial charge in [0.1, 0.15) is 0 Å². The predicted octanol–water partition coefficient (Wildman–Crippen LogP) is 4.06. The van der Waals surface area contributed by atoms with E-state index >= 15 is 0 Å². The maximum atomic E-state index is 11.9. The largest absolute Gasteiger partial charge is 0.449 e. The normalized spacial score (nSPS) is 11.6. The summed E-state index contributed by atoms with van der Waals surface area (Å²) in [5, 5.41) is 0.665. The molecule has 1 aromatic rings. The predicted molar refractivity (Wildman–Crippen MR) is 55.8 cm³/mol. The molecule has 6 heteroatoms. The maximum absolute atomic E-state index is 11.9. The van der Waals surface area contributed by atoms with Gasteiger partial charge in [0.05, 0.1) is 0 Å². The van der Waals surface area contributed by atoms with Gasteiger partial charge >= 0.3 is 6.18 Å². The molecule has 0 spiro atoms. The molecule has 0 amide bonds. The topological polar surface area (TPSA) is 17.1 Å². The number of hydrogen-bond acceptors (Lipinski definition) is 1. The monoisotopic (exact) mass is 270 g/mol. The van der Waals surface area contributed by atoms with Gasteiger partial charge in [-0.25, -0.2) is 0 Å². The number of carbonyl (C=O) groups excluding carboxylic acids is 1. The zero-order valence-electron chi connectivity index (χ0n) is 7.94. The molecule has 0 saturated carbocycles. The summed E-state index contributed by atoms with van der Waals surface area (Å²) in [7, 11) is 0. The lowest BCUT2D eigenvalue weighted by Crippen LogP contribution is -2.22. The Labute approximate surface area is 100 Å². The first kappa shape index (κ1) is 13.3. The van der Waals surface area contributed by atoms with Crippen LogP contribution in [0.4, 0.5) is 13.2 Å². The van der Waals surface area contributed by atoms with Crippen LogP contribution in [0.3, 0.4) is 0 Å². The Kier molecular flexibility index (Phi) is 4.21. The molecule has 0 unspecified atom stereocenters. The lowest BCUT2D eigenvalue weighted by Gasteiger charge is -2.06. The molecule has 0 N–H and O–H groups in total. The van der Waals surface area contributed by atoms with Crippen molar-refractivity contribution in [3.63, 3.8) is 0 Å². The third kappa shape index (κ3) is 3.68. The van der Waals surface area contributed by atoms with E-state index in [1.165, 1.54) is 18.2 Å². The molecule has 1 aromatic carbocycles. The molecule has 0 aliphatic heterocycles. The summed E-state index contributed by atoms with van der Waals surface area (Å²) in [6.45, 7) is 0. The smallest absolute Gasteiger partial charge is 0.290 e. The Balaban J connectivity index is 2.65. The minimum Gasteiger partial charge on any atom is -0.290 e. The average Bonchev–Trinajstić information content (AvgIpc) is 2.14. The van der Waals surface area contributed by atoms with Crippen LogP contribution in [0.1, 0.15) is 12.0 Å². The Morgan fingerprint density at radius 2 is 1.88 bits per heavy atom. The van der Waals surface area contributed by atoms with Crippen LogP contribution in [0.15, 0.2) is 18.2 Å². The zero-order chi connectivity index (χ0) is 12.3. The molecular weight excluding hydrogens is 264 g/mol. The fraction of sp³-hybridized carbons (Fsp3) is 0.300. The SMILES string of the molecule is O=C(CCc1ccc(Cl)cc1Cl)C(F)(F)F. The van der Waals surface area contributed by atoms with Crippen molar-refractivity contribution in [2.24, 2.45) is 0 Å². The number of aryl methyl sites for hydroxylation is 1. The third-order valence-corrected chi connectivity index (χ3v) is 2.54. The Hall–Kier alpha value is -0.740. The summed E-state index contributed by atoms with van der Waals surface area (Å²) in [5.41, 5.74) is 0.476. The van der Waals surface area contributed by atoms with Gasteiger partial charge in [0, 0.05) is 16.5 Å². The number of rotatable bonds is 3. The van der Waals surface area contributed by atoms with E-state index in [1.807, 2.05) is 0 Å². The van der Waals surface area contributed by atoms with Gasteiger partial charge in [-0.3, -0.25) is 4.79 Å². The fourth-order valence-corrected chi connectivity index (χ4v) is 1.62. The van der Waals surface area contributed by atoms with Crippen LogP contribution < -0.4 is 0 Å². The third-order valence-electron chi connectivity index (χ3n) is 1.95. The number of ketones is 1. The molecular formula is C10H7Cl2F3O. The molecule has 0 saturated heterocycles. The van der Waals surface area contributed by atoms with E-state index in [9.17, 15) is 18.0 Å². The Morgan fingerprint density at radius 1 is 1.25 bits per heavy atom. The molecule has 0 bridgehead atoms. The molecule has 0 radical (unpaired) electrons. The van der Waals surface area contributed by atoms with E-state index in [1.54, 1.807) is 0 Å². The highest BCUT2D eigenvalue weighted by Crippen LogP contribution is 2.24. The second-order valence-corrected chi connectivity index (χ2v) is 4.00. The van der Waals surface area contributed by atoms with Crippen molar-refractivity contribution >= 4 is 29.0 Å². The van der Waals surface area contributed by atoms with Crippen LogP contribution in [-0.4, -0.2) is 12.0 Å². The molecule has 0 aromatic heterocycles. The first-order valence-electron chi connectivity index (χ1n) is 4.34. The van der Waals surface area contributed by atoms with Crippen molar-refractivity contribution in [1.82, 2.24) is 0 Å². The number of hydrogen-bond donors (Lipinski definition) is 0. The zero-order valence-corrected chi connectivity index (χ0v) is 9.46. The lowest BCUT2D eigenvalue weighted by atomic mass is 10.1. The molecule has 88 valence electrons. The van der Waals surface area contributed by atoms with Gasteiger partial charge in [-0.05, 0) is 24.1 Å². The van der Waals surface area contributed by atoms with Crippen molar-refractivity contribution < 1.29 is 18.0 Å². The van der Waals surface area contributed by atoms with Gasteiger partial charge in [-0.15, -0.1) is 0 Å². The molecule has 16 heavy (non-hydrogen) atoms. The molecule has 1 nitrogen and oxygen atoms in total. The van der Waals surface area contributed by atoms with Crippen LogP contribution in [0.25, 0.3) is 0 Å². The number of carbonyl (C=O) groups is 1. The molecule has 0 fully saturated rings. The van der Waals surface area contributed by atoms with E-state index < -0.39 is 18.4 Å². The first-order chi connectivity index (χ1) is 7.30. The number of alkyl halides is 3. The molecule has 0 aliphatic rings. The second-order valence-electron chi connectivity index (χ2n) is 3.16. The summed E-state index contributed by atoms with van der Waals surface area (Å²) in [6, 6.07) is 4.45. The molecule has 0 atom stereocenters. The van der Waals surface area contributed by atoms with E-state index in [2.05, 4.69) is 0 Å². The van der Waals surface area contributed by atoms with Crippen LogP contribution in [0.5, 0.6) is 0 Å². The summed E-state index contributed by atoms with van der Waals surface area (Å²) >= 11 is 11.4. The van der Waals surface area contributed by atoms with E-state index in [4.69, 9.17) is 23.2 Å².